The fraction of sp³-hybridized carbons (Fsp3) is 0.167. The first-order chi connectivity index (χ1) is 12.8. The highest BCUT2D eigenvalue weighted by atomic mass is 35.5. The van der Waals surface area contributed by atoms with Crippen LogP contribution in [0.5, 0.6) is 0 Å². The molecule has 0 saturated heterocycles. The monoisotopic (exact) mass is 427 g/mol. The van der Waals surface area contributed by atoms with Crippen LogP contribution in [0.4, 0.5) is 5.69 Å². The average molecular weight is 429 g/mol. The van der Waals surface area contributed by atoms with E-state index in [2.05, 4.69) is 10.6 Å². The molecule has 0 aromatic heterocycles. The highest BCUT2D eigenvalue weighted by Crippen LogP contribution is 2.29. The van der Waals surface area contributed by atoms with Gasteiger partial charge < -0.3 is 15.5 Å². The first-order valence-electron chi connectivity index (χ1n) is 7.79. The molecule has 3 amide bonds. The molecule has 9 heteroatoms. The summed E-state index contributed by atoms with van der Waals surface area (Å²) in [5.41, 5.74) is 0.616. The Balaban J connectivity index is 1.86. The minimum absolute atomic E-state index is 0.229. The minimum atomic E-state index is -0.470. The number of carbonyl (C=O) groups is 3. The van der Waals surface area contributed by atoms with Gasteiger partial charge in [0.2, 0.25) is 11.8 Å². The second kappa shape index (κ2) is 9.60. The second-order valence-electron chi connectivity index (χ2n) is 5.59. The summed E-state index contributed by atoms with van der Waals surface area (Å²) in [7, 11) is 1.45. The third-order valence-corrected chi connectivity index (χ3v) is 4.39. The number of hydrogen-bond acceptors (Lipinski definition) is 3. The van der Waals surface area contributed by atoms with Crippen molar-refractivity contribution in [2.75, 3.05) is 25.5 Å². The molecule has 0 aliphatic rings. The maximum absolute atomic E-state index is 12.1. The van der Waals surface area contributed by atoms with E-state index in [1.807, 2.05) is 0 Å². The first kappa shape index (κ1) is 21.0. The number of amides is 3. The molecule has 0 bridgehead atoms. The molecule has 0 fully saturated rings. The molecular weight excluding hydrogens is 413 g/mol. The van der Waals surface area contributed by atoms with Crippen LogP contribution in [0, 0.1) is 0 Å². The molecule has 2 rings (SSSR count). The van der Waals surface area contributed by atoms with Gasteiger partial charge >= 0.3 is 0 Å². The van der Waals surface area contributed by atoms with Crippen LogP contribution in [0.25, 0.3) is 0 Å². The standard InChI is InChI=1S/C18H16Cl3N3O3/c1-24(10-15(25)23-17-13(20)6-3-7-14(17)21)16(26)9-22-18(27)11-4-2-5-12(19)8-11/h2-8H,9-10H2,1H3,(H,22,27)(H,23,25). The lowest BCUT2D eigenvalue weighted by Crippen LogP contribution is -2.41. The number of nitrogens with zero attached hydrogens (tertiary/aromatic N) is 1. The molecule has 0 radical (unpaired) electrons. The fourth-order valence-corrected chi connectivity index (χ4v) is 2.80. The van der Waals surface area contributed by atoms with Crippen molar-refractivity contribution in [2.24, 2.45) is 0 Å². The van der Waals surface area contributed by atoms with Crippen LogP contribution in [0.2, 0.25) is 15.1 Å². The van der Waals surface area contributed by atoms with Crippen LogP contribution in [0.3, 0.4) is 0 Å². The van der Waals surface area contributed by atoms with Crippen LogP contribution in [0.1, 0.15) is 10.4 Å². The van der Waals surface area contributed by atoms with Gasteiger partial charge in [0.15, 0.2) is 0 Å². The summed E-state index contributed by atoms with van der Waals surface area (Å²) in [4.78, 5) is 37.4. The number of likely N-dealkylation sites (N-methyl/N-ethyl adjacent to an activating group) is 1. The third kappa shape index (κ3) is 6.13. The van der Waals surface area contributed by atoms with Gasteiger partial charge in [-0.2, -0.15) is 0 Å². The minimum Gasteiger partial charge on any atom is -0.343 e. The van der Waals surface area contributed by atoms with Crippen molar-refractivity contribution >= 4 is 58.2 Å². The van der Waals surface area contributed by atoms with Crippen molar-refractivity contribution in [2.45, 2.75) is 0 Å². The number of nitrogens with one attached hydrogen (secondary N) is 2. The number of benzene rings is 2. The molecule has 2 aromatic carbocycles. The van der Waals surface area contributed by atoms with Crippen LogP contribution in [0.15, 0.2) is 42.5 Å². The normalized spacial score (nSPS) is 10.2. The average Bonchev–Trinajstić information content (AvgIpc) is 2.62. The number of halogens is 3. The fourth-order valence-electron chi connectivity index (χ4n) is 2.12. The van der Waals surface area contributed by atoms with E-state index in [9.17, 15) is 14.4 Å². The maximum Gasteiger partial charge on any atom is 0.251 e. The Labute approximate surface area is 171 Å². The SMILES string of the molecule is CN(CC(=O)Nc1c(Cl)cccc1Cl)C(=O)CNC(=O)c1cccc(Cl)c1. The van der Waals surface area contributed by atoms with E-state index in [-0.39, 0.29) is 18.8 Å². The third-order valence-electron chi connectivity index (χ3n) is 3.52. The molecule has 0 spiro atoms. The predicted octanol–water partition coefficient (Wildman–Crippen LogP) is 3.47. The molecule has 6 nitrogen and oxygen atoms in total. The van der Waals surface area contributed by atoms with Gasteiger partial charge in [-0.05, 0) is 30.3 Å². The Morgan fingerprint density at radius 1 is 1.00 bits per heavy atom. The van der Waals surface area contributed by atoms with E-state index in [4.69, 9.17) is 34.8 Å². The van der Waals surface area contributed by atoms with E-state index >= 15 is 0 Å². The van der Waals surface area contributed by atoms with Crippen molar-refractivity contribution in [3.05, 3.63) is 63.1 Å². The Bertz CT molecular complexity index is 854. The lowest BCUT2D eigenvalue weighted by atomic mass is 10.2. The number of anilines is 1. The molecule has 0 aliphatic heterocycles. The van der Waals surface area contributed by atoms with Crippen LogP contribution >= 0.6 is 34.8 Å². The van der Waals surface area contributed by atoms with Gasteiger partial charge in [-0.3, -0.25) is 14.4 Å². The Hall–Kier alpha value is -2.28. The van der Waals surface area contributed by atoms with Gasteiger partial charge in [0.05, 0.1) is 28.8 Å². The molecule has 142 valence electrons. The molecule has 27 heavy (non-hydrogen) atoms. The Kier molecular flexibility index (Phi) is 7.47. The summed E-state index contributed by atoms with van der Waals surface area (Å²) in [6.07, 6.45) is 0. The summed E-state index contributed by atoms with van der Waals surface area (Å²) >= 11 is 17.8. The molecule has 0 unspecified atom stereocenters. The van der Waals surface area contributed by atoms with Crippen LogP contribution in [-0.2, 0) is 9.59 Å². The van der Waals surface area contributed by atoms with E-state index in [0.29, 0.717) is 20.6 Å². The Morgan fingerprint density at radius 3 is 2.26 bits per heavy atom. The molecular formula is C18H16Cl3N3O3. The van der Waals surface area contributed by atoms with Crippen molar-refractivity contribution < 1.29 is 14.4 Å². The van der Waals surface area contributed by atoms with Gasteiger partial charge in [-0.1, -0.05) is 46.9 Å². The number of rotatable bonds is 6. The molecule has 0 heterocycles. The van der Waals surface area contributed by atoms with E-state index < -0.39 is 17.7 Å². The molecule has 2 N–H and O–H groups in total. The van der Waals surface area contributed by atoms with Gasteiger partial charge in [0.25, 0.3) is 5.91 Å². The summed E-state index contributed by atoms with van der Waals surface area (Å²) in [5.74, 6) is -1.35. The van der Waals surface area contributed by atoms with Crippen LogP contribution < -0.4 is 10.6 Å². The topological polar surface area (TPSA) is 78.5 Å². The molecule has 0 aliphatic carbocycles. The van der Waals surface area contributed by atoms with Gasteiger partial charge in [0.1, 0.15) is 0 Å². The van der Waals surface area contributed by atoms with Crippen molar-refractivity contribution in [1.29, 1.82) is 0 Å². The zero-order valence-corrected chi connectivity index (χ0v) is 16.5. The predicted molar refractivity (Wildman–Crippen MR) is 107 cm³/mol. The highest BCUT2D eigenvalue weighted by molar-refractivity contribution is 6.39. The zero-order valence-electron chi connectivity index (χ0n) is 14.3. The zero-order chi connectivity index (χ0) is 20.0. The molecule has 2 aromatic rings. The molecule has 0 saturated carbocycles. The lowest BCUT2D eigenvalue weighted by molar-refractivity contribution is -0.132. The first-order valence-corrected chi connectivity index (χ1v) is 8.93. The quantitative estimate of drug-likeness (QED) is 0.739. The van der Waals surface area contributed by atoms with Gasteiger partial charge in [0, 0.05) is 17.6 Å². The summed E-state index contributed by atoms with van der Waals surface area (Å²) in [6, 6.07) is 11.2. The van der Waals surface area contributed by atoms with Crippen molar-refractivity contribution in [3.63, 3.8) is 0 Å². The van der Waals surface area contributed by atoms with E-state index in [0.717, 1.165) is 0 Å². The van der Waals surface area contributed by atoms with Gasteiger partial charge in [-0.25, -0.2) is 0 Å². The summed E-state index contributed by atoms with van der Waals surface area (Å²) < 4.78 is 0. The van der Waals surface area contributed by atoms with Crippen LogP contribution in [-0.4, -0.2) is 42.8 Å². The number of hydrogen-bond donors (Lipinski definition) is 2. The van der Waals surface area contributed by atoms with Crippen molar-refractivity contribution in [1.82, 2.24) is 10.2 Å². The second-order valence-corrected chi connectivity index (χ2v) is 6.84. The maximum atomic E-state index is 12.1. The van der Waals surface area contributed by atoms with E-state index in [1.54, 1.807) is 36.4 Å². The summed E-state index contributed by atoms with van der Waals surface area (Å²) in [5, 5.41) is 6.05. The largest absolute Gasteiger partial charge is 0.343 e. The number of carbonyl (C=O) groups excluding carboxylic acids is 3. The van der Waals surface area contributed by atoms with Crippen molar-refractivity contribution in [3.8, 4) is 0 Å². The summed E-state index contributed by atoms with van der Waals surface area (Å²) in [6.45, 7) is -0.491. The Morgan fingerprint density at radius 2 is 1.63 bits per heavy atom. The smallest absolute Gasteiger partial charge is 0.251 e. The highest BCUT2D eigenvalue weighted by Gasteiger charge is 2.16. The van der Waals surface area contributed by atoms with Gasteiger partial charge in [-0.15, -0.1) is 0 Å². The van der Waals surface area contributed by atoms with E-state index in [1.165, 1.54) is 18.0 Å². The number of para-hydroxylation sites is 1. The lowest BCUT2D eigenvalue weighted by Gasteiger charge is -2.18. The molecule has 0 atom stereocenters.